The van der Waals surface area contributed by atoms with Crippen LogP contribution in [0.15, 0.2) is 61.1 Å². The van der Waals surface area contributed by atoms with Crippen molar-refractivity contribution in [2.75, 3.05) is 19.8 Å². The molecule has 0 aliphatic rings. The Morgan fingerprint density at radius 1 is 0.494 bits per heavy atom. The van der Waals surface area contributed by atoms with Crippen LogP contribution in [-0.4, -0.2) is 198 Å². The van der Waals surface area contributed by atoms with Gasteiger partial charge in [0.2, 0.25) is 65.0 Å². The summed E-state index contributed by atoms with van der Waals surface area (Å²) in [6.45, 7) is 0.985. The molecule has 0 fully saturated rings. The molecule has 0 spiro atoms. The first kappa shape index (κ1) is 73.5. The van der Waals surface area contributed by atoms with Gasteiger partial charge < -0.3 is 106 Å². The number of aromatic nitrogens is 2. The van der Waals surface area contributed by atoms with Crippen LogP contribution in [0.1, 0.15) is 82.0 Å². The molecule has 0 saturated heterocycles. The minimum Gasteiger partial charge on any atom is -0.508 e. The number of aliphatic carboxylic acids is 2. The highest BCUT2D eigenvalue weighted by atomic mass is 16.4. The number of primary amides is 2. The molecule has 0 radical (unpaired) electrons. The molecular weight excluding hydrogens is 1170 g/mol. The number of H-pyrrole nitrogens is 1. The number of hydrogen-bond acceptors (Lipinski definition) is 20. The van der Waals surface area contributed by atoms with Gasteiger partial charge in [-0.05, 0) is 73.5 Å². The van der Waals surface area contributed by atoms with Gasteiger partial charge in [0.1, 0.15) is 65.9 Å². The van der Waals surface area contributed by atoms with Gasteiger partial charge in [0.05, 0.1) is 32.0 Å². The SMILES string of the molecule is CC(C)[C@H](NC(=O)[C@H](CCC(=O)O)NC(=O)[C@H](CO)NC(=O)[C@H](Cc1ccc(O)cc1)NC(=O)[C@H](Cc1ccc(O)cc1)NC(=O)[C@H](CCC(N)=O)NC(=O)[C@H](Cc1cnc[nH]1)NC(=O)[C@H](CO)NC(=O)[C@H](CC(N)=O)NC(=O)[C@@H](N)CCCCN)C(=O)O. The molecule has 89 heavy (non-hydrogen) atoms. The number of carbonyl (C=O) groups is 13. The van der Waals surface area contributed by atoms with Crippen LogP contribution in [0, 0.1) is 5.92 Å². The van der Waals surface area contributed by atoms with Gasteiger partial charge >= 0.3 is 11.9 Å². The number of aromatic hydroxyl groups is 2. The van der Waals surface area contributed by atoms with Crippen molar-refractivity contribution in [1.82, 2.24) is 57.8 Å². The van der Waals surface area contributed by atoms with Crippen LogP contribution < -0.4 is 70.8 Å². The number of benzene rings is 2. The highest BCUT2D eigenvalue weighted by Gasteiger charge is 2.37. The molecule has 0 unspecified atom stereocenters. The molecule has 488 valence electrons. The van der Waals surface area contributed by atoms with Crippen LogP contribution >= 0.6 is 0 Å². The predicted molar refractivity (Wildman–Crippen MR) is 310 cm³/mol. The summed E-state index contributed by atoms with van der Waals surface area (Å²) >= 11 is 0. The number of nitrogens with one attached hydrogen (secondary N) is 10. The monoisotopic (exact) mass is 1250 g/mol. The zero-order chi connectivity index (χ0) is 66.5. The number of carboxylic acid groups (broad SMARTS) is 2. The van der Waals surface area contributed by atoms with Crippen LogP contribution in [0.5, 0.6) is 11.5 Å². The third kappa shape index (κ3) is 26.0. The normalized spacial score (nSPS) is 14.4. The number of nitrogens with two attached hydrogens (primary N) is 4. The molecule has 34 nitrogen and oxygen atoms in total. The van der Waals surface area contributed by atoms with Crippen molar-refractivity contribution in [3.8, 4) is 11.5 Å². The van der Waals surface area contributed by atoms with E-state index in [-0.39, 0.29) is 34.7 Å². The van der Waals surface area contributed by atoms with Crippen molar-refractivity contribution in [3.63, 3.8) is 0 Å². The summed E-state index contributed by atoms with van der Waals surface area (Å²) in [4.78, 5) is 179. The van der Waals surface area contributed by atoms with Crippen molar-refractivity contribution in [2.45, 2.75) is 145 Å². The highest BCUT2D eigenvalue weighted by molar-refractivity contribution is 5.99. The number of aliphatic hydroxyl groups excluding tert-OH is 2. The van der Waals surface area contributed by atoms with Crippen LogP contribution in [0.4, 0.5) is 0 Å². The van der Waals surface area contributed by atoms with Gasteiger partial charge in [-0.1, -0.05) is 44.5 Å². The maximum atomic E-state index is 14.7. The Balaban J connectivity index is 2.00. The van der Waals surface area contributed by atoms with E-state index in [9.17, 15) is 93.0 Å². The summed E-state index contributed by atoms with van der Waals surface area (Å²) in [7, 11) is 0. The van der Waals surface area contributed by atoms with E-state index in [0.717, 1.165) is 0 Å². The maximum Gasteiger partial charge on any atom is 0.326 e. The summed E-state index contributed by atoms with van der Waals surface area (Å²) < 4.78 is 0. The van der Waals surface area contributed by atoms with E-state index >= 15 is 0 Å². The van der Waals surface area contributed by atoms with Crippen molar-refractivity contribution < 1.29 is 93.0 Å². The Labute approximate surface area is 509 Å². The van der Waals surface area contributed by atoms with Gasteiger partial charge in [0, 0.05) is 44.0 Å². The third-order valence-corrected chi connectivity index (χ3v) is 13.4. The van der Waals surface area contributed by atoms with Crippen molar-refractivity contribution in [2.24, 2.45) is 28.9 Å². The molecule has 0 aliphatic carbocycles. The summed E-state index contributed by atoms with van der Waals surface area (Å²) in [6.07, 6.45) is -0.811. The lowest BCUT2D eigenvalue weighted by Crippen LogP contribution is -2.62. The fraction of sp³-hybridized carbons (Fsp3) is 0.491. The Hall–Kier alpha value is -9.80. The quantitative estimate of drug-likeness (QED) is 0.0235. The largest absolute Gasteiger partial charge is 0.508 e. The zero-order valence-electron chi connectivity index (χ0n) is 48.8. The molecule has 0 bridgehead atoms. The van der Waals surface area contributed by atoms with Crippen LogP contribution in [0.2, 0.25) is 0 Å². The number of phenols is 2. The standard InChI is InChI=1S/C55H79N15O19/c1-27(2)45(55(88)89)70-48(81)35(15-17-44(77)78)63-53(86)40(24-71)68-50(83)37(20-29-8-12-32(74)13-9-29)66-49(82)36(19-28-6-10-31(73)11-7-28)65-47(80)34(14-16-42(58)75)62-51(84)38(21-30-23-60-26-61-30)67-54(87)41(25-72)69-52(85)39(22-43(59)76)64-46(79)33(57)5-3-4-18-56/h6-13,23,26-27,33-41,45,71-74H,3-5,14-22,24-25,56-57H2,1-2H3,(H2,58,75)(H2,59,76)(H,60,61)(H,62,84)(H,63,86)(H,64,79)(H,65,80)(H,66,82)(H,67,87)(H,68,83)(H,69,85)(H,70,81)(H,77,78)(H,88,89)/t33-,34-,35-,36-,37-,38-,39-,40-,41-,45-/m0/s1. The molecule has 34 heteroatoms. The van der Waals surface area contributed by atoms with Crippen molar-refractivity contribution >= 4 is 76.9 Å². The first-order valence-corrected chi connectivity index (χ1v) is 28.0. The molecule has 0 saturated carbocycles. The number of nitrogens with zero attached hydrogens (tertiary/aromatic N) is 1. The third-order valence-electron chi connectivity index (χ3n) is 13.4. The summed E-state index contributed by atoms with van der Waals surface area (Å²) in [5.74, 6) is -16.2. The van der Waals surface area contributed by atoms with Gasteiger partial charge in [-0.15, -0.1) is 0 Å². The van der Waals surface area contributed by atoms with E-state index in [1.807, 2.05) is 0 Å². The first-order chi connectivity index (χ1) is 42.0. The van der Waals surface area contributed by atoms with Crippen LogP contribution in [-0.2, 0) is 81.6 Å². The molecule has 24 N–H and O–H groups in total. The van der Waals surface area contributed by atoms with Gasteiger partial charge in [0.25, 0.3) is 0 Å². The minimum atomic E-state index is -1.93. The number of hydrogen-bond donors (Lipinski definition) is 20. The smallest absolute Gasteiger partial charge is 0.326 e. The molecule has 10 atom stereocenters. The van der Waals surface area contributed by atoms with E-state index in [1.54, 1.807) is 0 Å². The molecule has 3 aromatic rings. The Kier molecular flexibility index (Phi) is 30.6. The Morgan fingerprint density at radius 2 is 0.888 bits per heavy atom. The van der Waals surface area contributed by atoms with E-state index in [0.29, 0.717) is 19.4 Å². The molecule has 1 heterocycles. The highest BCUT2D eigenvalue weighted by Crippen LogP contribution is 2.16. The molecule has 2 aromatic carbocycles. The lowest BCUT2D eigenvalue weighted by atomic mass is 10.0. The van der Waals surface area contributed by atoms with Gasteiger partial charge in [-0.2, -0.15) is 0 Å². The lowest BCUT2D eigenvalue weighted by molar-refractivity contribution is -0.144. The van der Waals surface area contributed by atoms with Crippen molar-refractivity contribution in [1.29, 1.82) is 0 Å². The molecule has 11 amide bonds. The lowest BCUT2D eigenvalue weighted by Gasteiger charge is -2.28. The van der Waals surface area contributed by atoms with E-state index < -0.39 is 208 Å². The second kappa shape index (κ2) is 37.0. The predicted octanol–water partition coefficient (Wildman–Crippen LogP) is -6.60. The van der Waals surface area contributed by atoms with Crippen LogP contribution in [0.3, 0.4) is 0 Å². The number of aliphatic hydroxyl groups is 2. The number of phenolic OH excluding ortho intramolecular Hbond substituents is 2. The van der Waals surface area contributed by atoms with Gasteiger partial charge in [-0.3, -0.25) is 57.5 Å². The van der Waals surface area contributed by atoms with E-state index in [4.69, 9.17) is 22.9 Å². The van der Waals surface area contributed by atoms with Gasteiger partial charge in [0.15, 0.2) is 0 Å². The Morgan fingerprint density at radius 3 is 1.28 bits per heavy atom. The molecule has 1 aromatic heterocycles. The van der Waals surface area contributed by atoms with Gasteiger partial charge in [-0.25, -0.2) is 9.78 Å². The van der Waals surface area contributed by atoms with Crippen LogP contribution in [0.25, 0.3) is 0 Å². The topological polar surface area (TPSA) is 584 Å². The number of aromatic amines is 1. The molecule has 3 rings (SSSR count). The summed E-state index contributed by atoms with van der Waals surface area (Å²) in [5.41, 5.74) is 23.0. The summed E-state index contributed by atoms with van der Waals surface area (Å²) in [5, 5.41) is 80.7. The average Bonchev–Trinajstić information content (AvgIpc) is 4.23. The fourth-order valence-electron chi connectivity index (χ4n) is 8.46. The second-order valence-corrected chi connectivity index (χ2v) is 20.9. The molecule has 0 aliphatic heterocycles. The number of carbonyl (C=O) groups excluding carboxylic acids is 11. The number of carboxylic acids is 2. The van der Waals surface area contributed by atoms with E-state index in [2.05, 4.69) is 57.8 Å². The number of rotatable bonds is 40. The maximum absolute atomic E-state index is 14.7. The number of unbranched alkanes of at least 4 members (excludes halogenated alkanes) is 1. The molecular formula is C55H79N15O19. The fourth-order valence-corrected chi connectivity index (χ4v) is 8.46. The second-order valence-electron chi connectivity index (χ2n) is 20.9. The van der Waals surface area contributed by atoms with E-state index in [1.165, 1.54) is 74.9 Å². The zero-order valence-corrected chi connectivity index (χ0v) is 48.8. The Bertz CT molecular complexity index is 2910. The first-order valence-electron chi connectivity index (χ1n) is 28.0. The number of imidazole rings is 1. The minimum absolute atomic E-state index is 0.160. The number of amides is 11. The van der Waals surface area contributed by atoms with Crippen molar-refractivity contribution in [3.05, 3.63) is 77.9 Å². The average molecular weight is 1250 g/mol. The summed E-state index contributed by atoms with van der Waals surface area (Å²) in [6, 6.07) is -6.37.